The molecule has 3 heteroatoms. The van der Waals surface area contributed by atoms with Gasteiger partial charge in [-0.25, -0.2) is 0 Å². The Morgan fingerprint density at radius 2 is 2.00 bits per heavy atom. The lowest BCUT2D eigenvalue weighted by Crippen LogP contribution is -2.16. The molecule has 0 spiro atoms. The molecule has 0 bridgehead atoms. The van der Waals surface area contributed by atoms with Crippen molar-refractivity contribution < 1.29 is 9.47 Å². The summed E-state index contributed by atoms with van der Waals surface area (Å²) in [4.78, 5) is 0. The van der Waals surface area contributed by atoms with Gasteiger partial charge < -0.3 is 14.8 Å². The van der Waals surface area contributed by atoms with Crippen molar-refractivity contribution in [2.24, 2.45) is 0 Å². The molecule has 1 aliphatic heterocycles. The van der Waals surface area contributed by atoms with Crippen LogP contribution in [0.5, 0.6) is 5.75 Å². The van der Waals surface area contributed by atoms with Crippen LogP contribution in [0.3, 0.4) is 0 Å². The molecule has 0 aromatic heterocycles. The number of hydrogen-bond donors (Lipinski definition) is 1. The normalized spacial score (nSPS) is 23.9. The van der Waals surface area contributed by atoms with Crippen LogP contribution in [0.15, 0.2) is 24.3 Å². The molecule has 0 amide bonds. The van der Waals surface area contributed by atoms with E-state index in [1.807, 2.05) is 0 Å². The van der Waals surface area contributed by atoms with E-state index in [2.05, 4.69) is 29.6 Å². The van der Waals surface area contributed by atoms with E-state index >= 15 is 0 Å². The van der Waals surface area contributed by atoms with Gasteiger partial charge in [0.1, 0.15) is 11.9 Å². The van der Waals surface area contributed by atoms with Crippen molar-refractivity contribution in [3.05, 3.63) is 29.8 Å². The first-order chi connectivity index (χ1) is 8.40. The standard InChI is InChI=1S/C14H19NO2/c1-5-13(17-14-7-8-16-10-14)6-2-11(1)9-15-12-3-4-12/h1-2,5-6,12,14-15H,3-4,7-10H2. The Balaban J connectivity index is 1.51. The van der Waals surface area contributed by atoms with Crippen LogP contribution >= 0.6 is 0 Å². The summed E-state index contributed by atoms with van der Waals surface area (Å²) in [7, 11) is 0. The molecule has 1 heterocycles. The number of hydrogen-bond acceptors (Lipinski definition) is 3. The summed E-state index contributed by atoms with van der Waals surface area (Å²) >= 11 is 0. The maximum Gasteiger partial charge on any atom is 0.124 e. The molecule has 3 rings (SSSR count). The first-order valence-corrected chi connectivity index (χ1v) is 6.47. The van der Waals surface area contributed by atoms with Crippen LogP contribution in [0.4, 0.5) is 0 Å². The van der Waals surface area contributed by atoms with Gasteiger partial charge in [0.25, 0.3) is 0 Å². The third-order valence-corrected chi connectivity index (χ3v) is 3.29. The zero-order chi connectivity index (χ0) is 11.5. The highest BCUT2D eigenvalue weighted by Gasteiger charge is 2.20. The Labute approximate surface area is 102 Å². The maximum absolute atomic E-state index is 5.82. The Morgan fingerprint density at radius 1 is 1.18 bits per heavy atom. The van der Waals surface area contributed by atoms with Crippen molar-refractivity contribution in [3.8, 4) is 5.75 Å². The summed E-state index contributed by atoms with van der Waals surface area (Å²) in [6.07, 6.45) is 3.92. The lowest BCUT2D eigenvalue weighted by Gasteiger charge is -2.12. The first-order valence-electron chi connectivity index (χ1n) is 6.47. The molecular weight excluding hydrogens is 214 g/mol. The predicted molar refractivity (Wildman–Crippen MR) is 66.2 cm³/mol. The van der Waals surface area contributed by atoms with Crippen LogP contribution < -0.4 is 10.1 Å². The molecule has 2 aliphatic rings. The molecule has 17 heavy (non-hydrogen) atoms. The largest absolute Gasteiger partial charge is 0.488 e. The van der Waals surface area contributed by atoms with Gasteiger partial charge in [-0.15, -0.1) is 0 Å². The second kappa shape index (κ2) is 5.07. The van der Waals surface area contributed by atoms with E-state index in [1.54, 1.807) is 0 Å². The molecule has 1 saturated heterocycles. The highest BCUT2D eigenvalue weighted by atomic mass is 16.5. The van der Waals surface area contributed by atoms with Crippen LogP contribution in [-0.2, 0) is 11.3 Å². The van der Waals surface area contributed by atoms with Gasteiger partial charge in [0, 0.05) is 19.0 Å². The summed E-state index contributed by atoms with van der Waals surface area (Å²) < 4.78 is 11.1. The van der Waals surface area contributed by atoms with Gasteiger partial charge in [-0.1, -0.05) is 12.1 Å². The fourth-order valence-electron chi connectivity index (χ4n) is 2.03. The third-order valence-electron chi connectivity index (χ3n) is 3.29. The monoisotopic (exact) mass is 233 g/mol. The van der Waals surface area contributed by atoms with Gasteiger partial charge in [-0.2, -0.15) is 0 Å². The Kier molecular flexibility index (Phi) is 3.29. The third kappa shape index (κ3) is 3.20. The van der Waals surface area contributed by atoms with Gasteiger partial charge >= 0.3 is 0 Å². The molecule has 1 N–H and O–H groups in total. The fourth-order valence-corrected chi connectivity index (χ4v) is 2.03. The van der Waals surface area contributed by atoms with E-state index in [9.17, 15) is 0 Å². The summed E-state index contributed by atoms with van der Waals surface area (Å²) in [5.74, 6) is 0.954. The maximum atomic E-state index is 5.82. The van der Waals surface area contributed by atoms with Crippen molar-refractivity contribution in [2.45, 2.75) is 38.0 Å². The molecule has 92 valence electrons. The number of benzene rings is 1. The van der Waals surface area contributed by atoms with Crippen LogP contribution in [0.2, 0.25) is 0 Å². The number of rotatable bonds is 5. The van der Waals surface area contributed by atoms with E-state index in [1.165, 1.54) is 18.4 Å². The average molecular weight is 233 g/mol. The van der Waals surface area contributed by atoms with Crippen LogP contribution in [0, 0.1) is 0 Å². The molecule has 1 atom stereocenters. The second-order valence-corrected chi connectivity index (χ2v) is 4.90. The lowest BCUT2D eigenvalue weighted by molar-refractivity contribution is 0.141. The molecule has 2 fully saturated rings. The van der Waals surface area contributed by atoms with Crippen molar-refractivity contribution in [2.75, 3.05) is 13.2 Å². The van der Waals surface area contributed by atoms with E-state index in [-0.39, 0.29) is 6.10 Å². The highest BCUT2D eigenvalue weighted by Crippen LogP contribution is 2.20. The minimum Gasteiger partial charge on any atom is -0.488 e. The van der Waals surface area contributed by atoms with E-state index < -0.39 is 0 Å². The Hall–Kier alpha value is -1.06. The summed E-state index contributed by atoms with van der Waals surface area (Å²) in [6, 6.07) is 9.16. The minimum absolute atomic E-state index is 0.241. The van der Waals surface area contributed by atoms with Gasteiger partial charge in [0.2, 0.25) is 0 Å². The summed E-state index contributed by atoms with van der Waals surface area (Å²) in [5, 5.41) is 3.50. The molecule has 1 saturated carbocycles. The van der Waals surface area contributed by atoms with Gasteiger partial charge in [-0.3, -0.25) is 0 Å². The summed E-state index contributed by atoms with van der Waals surface area (Å²) in [5.41, 5.74) is 1.33. The van der Waals surface area contributed by atoms with E-state index in [0.717, 1.165) is 38.0 Å². The fraction of sp³-hybridized carbons (Fsp3) is 0.571. The van der Waals surface area contributed by atoms with Crippen molar-refractivity contribution in [3.63, 3.8) is 0 Å². The molecular formula is C14H19NO2. The smallest absolute Gasteiger partial charge is 0.124 e. The van der Waals surface area contributed by atoms with E-state index in [4.69, 9.17) is 9.47 Å². The van der Waals surface area contributed by atoms with Crippen LogP contribution in [0.25, 0.3) is 0 Å². The SMILES string of the molecule is c1cc(OC2CCOC2)ccc1CNC1CC1. The molecule has 0 radical (unpaired) electrons. The number of nitrogens with one attached hydrogen (secondary N) is 1. The molecule has 1 aromatic carbocycles. The zero-order valence-corrected chi connectivity index (χ0v) is 10.0. The molecule has 1 unspecified atom stereocenters. The zero-order valence-electron chi connectivity index (χ0n) is 10.0. The molecule has 3 nitrogen and oxygen atoms in total. The van der Waals surface area contributed by atoms with Crippen LogP contribution in [0.1, 0.15) is 24.8 Å². The van der Waals surface area contributed by atoms with Crippen molar-refractivity contribution in [1.82, 2.24) is 5.32 Å². The van der Waals surface area contributed by atoms with Crippen molar-refractivity contribution in [1.29, 1.82) is 0 Å². The second-order valence-electron chi connectivity index (χ2n) is 4.90. The van der Waals surface area contributed by atoms with Gasteiger partial charge in [0.05, 0.1) is 13.2 Å². The molecule has 1 aromatic rings. The van der Waals surface area contributed by atoms with Gasteiger partial charge in [-0.05, 0) is 30.5 Å². The average Bonchev–Trinajstić information content (AvgIpc) is 3.05. The van der Waals surface area contributed by atoms with Crippen LogP contribution in [-0.4, -0.2) is 25.4 Å². The number of ether oxygens (including phenoxy) is 2. The Morgan fingerprint density at radius 3 is 2.65 bits per heavy atom. The first kappa shape index (κ1) is 11.1. The lowest BCUT2D eigenvalue weighted by atomic mass is 10.2. The topological polar surface area (TPSA) is 30.5 Å². The van der Waals surface area contributed by atoms with Crippen molar-refractivity contribution >= 4 is 0 Å². The quantitative estimate of drug-likeness (QED) is 0.845. The van der Waals surface area contributed by atoms with Gasteiger partial charge in [0.15, 0.2) is 0 Å². The summed E-state index contributed by atoms with van der Waals surface area (Å²) in [6.45, 7) is 2.52. The minimum atomic E-state index is 0.241. The molecule has 1 aliphatic carbocycles. The predicted octanol–water partition coefficient (Wildman–Crippen LogP) is 2.11. The highest BCUT2D eigenvalue weighted by molar-refractivity contribution is 5.27. The Bertz CT molecular complexity index is 353. The van der Waals surface area contributed by atoms with E-state index in [0.29, 0.717) is 0 Å².